The number of aryl methyl sites for hydroxylation is 1. The second-order valence-corrected chi connectivity index (χ2v) is 4.76. The zero-order chi connectivity index (χ0) is 13.7. The minimum Gasteiger partial charge on any atom is -0.376 e. The number of imidazole rings is 1. The molecular weight excluding hydrogens is 238 g/mol. The van der Waals surface area contributed by atoms with Crippen molar-refractivity contribution in [3.8, 4) is 0 Å². The Labute approximate surface area is 114 Å². The molecule has 1 aromatic carbocycles. The summed E-state index contributed by atoms with van der Waals surface area (Å²) in [5, 5.41) is 3.34. The molecule has 4 heteroatoms. The number of fused-ring (bicyclic) bond motifs is 1. The van der Waals surface area contributed by atoms with E-state index in [-0.39, 0.29) is 0 Å². The largest absolute Gasteiger partial charge is 0.376 e. The third kappa shape index (κ3) is 3.66. The van der Waals surface area contributed by atoms with E-state index in [2.05, 4.69) is 27.5 Å². The van der Waals surface area contributed by atoms with Gasteiger partial charge in [0.15, 0.2) is 0 Å². The molecule has 0 aliphatic heterocycles. The topological polar surface area (TPSA) is 39.1 Å². The molecule has 0 aliphatic carbocycles. The first kappa shape index (κ1) is 13.8. The molecule has 2 aromatic rings. The quantitative estimate of drug-likeness (QED) is 0.612. The Hall–Kier alpha value is -1.65. The Balaban J connectivity index is 1.82. The van der Waals surface area contributed by atoms with Crippen LogP contribution in [0.2, 0.25) is 0 Å². The van der Waals surface area contributed by atoms with Crippen LogP contribution in [0.4, 0.5) is 0 Å². The van der Waals surface area contributed by atoms with Crippen LogP contribution in [0, 0.1) is 0 Å². The zero-order valence-corrected chi connectivity index (χ0v) is 11.6. The van der Waals surface area contributed by atoms with E-state index < -0.39 is 0 Å². The van der Waals surface area contributed by atoms with Gasteiger partial charge in [-0.1, -0.05) is 24.3 Å². The van der Waals surface area contributed by atoms with Gasteiger partial charge in [-0.25, -0.2) is 4.98 Å². The average molecular weight is 259 g/mol. The lowest BCUT2D eigenvalue weighted by atomic mass is 10.3. The summed E-state index contributed by atoms with van der Waals surface area (Å²) in [5.74, 6) is 1.04. The molecule has 1 aromatic heterocycles. The standard InChI is InChI=1S/C15H21N3O/c1-12(2)11-19-9-8-16-10-15-17-13-6-4-5-7-14(13)18(15)3/h4-7,16H,1,8-11H2,2-3H3. The van der Waals surface area contributed by atoms with Crippen LogP contribution in [0.5, 0.6) is 0 Å². The summed E-state index contributed by atoms with van der Waals surface area (Å²) < 4.78 is 7.56. The molecule has 102 valence electrons. The van der Waals surface area contributed by atoms with Crippen LogP contribution >= 0.6 is 0 Å². The van der Waals surface area contributed by atoms with Crippen LogP contribution in [0.3, 0.4) is 0 Å². The van der Waals surface area contributed by atoms with Crippen molar-refractivity contribution in [1.82, 2.24) is 14.9 Å². The molecule has 0 atom stereocenters. The first-order chi connectivity index (χ1) is 9.18. The fraction of sp³-hybridized carbons (Fsp3) is 0.400. The predicted octanol–water partition coefficient (Wildman–Crippen LogP) is 2.26. The molecule has 0 radical (unpaired) electrons. The highest BCUT2D eigenvalue weighted by atomic mass is 16.5. The minimum atomic E-state index is 0.633. The van der Waals surface area contributed by atoms with Gasteiger partial charge in [-0.15, -0.1) is 0 Å². The summed E-state index contributed by atoms with van der Waals surface area (Å²) in [7, 11) is 2.05. The lowest BCUT2D eigenvalue weighted by molar-refractivity contribution is 0.157. The number of hydrogen-bond acceptors (Lipinski definition) is 3. The molecular formula is C15H21N3O. The van der Waals surface area contributed by atoms with Gasteiger partial charge < -0.3 is 14.6 Å². The van der Waals surface area contributed by atoms with E-state index in [1.165, 1.54) is 0 Å². The van der Waals surface area contributed by atoms with E-state index in [0.29, 0.717) is 13.2 Å². The highest BCUT2D eigenvalue weighted by Gasteiger charge is 2.05. The number of aromatic nitrogens is 2. The number of nitrogens with zero attached hydrogens (tertiary/aromatic N) is 2. The monoisotopic (exact) mass is 259 g/mol. The van der Waals surface area contributed by atoms with Gasteiger partial charge in [0.05, 0.1) is 30.8 Å². The fourth-order valence-electron chi connectivity index (χ4n) is 1.94. The van der Waals surface area contributed by atoms with Crippen molar-refractivity contribution in [2.45, 2.75) is 13.5 Å². The summed E-state index contributed by atoms with van der Waals surface area (Å²) in [6.07, 6.45) is 0. The Bertz CT molecular complexity index is 560. The molecule has 0 amide bonds. The second-order valence-electron chi connectivity index (χ2n) is 4.76. The van der Waals surface area contributed by atoms with Crippen molar-refractivity contribution >= 4 is 11.0 Å². The Morgan fingerprint density at radius 2 is 2.21 bits per heavy atom. The number of para-hydroxylation sites is 2. The van der Waals surface area contributed by atoms with Gasteiger partial charge >= 0.3 is 0 Å². The van der Waals surface area contributed by atoms with E-state index >= 15 is 0 Å². The molecule has 0 unspecified atom stereocenters. The van der Waals surface area contributed by atoms with Crippen LogP contribution in [-0.2, 0) is 18.3 Å². The van der Waals surface area contributed by atoms with Gasteiger partial charge in [0.25, 0.3) is 0 Å². The average Bonchev–Trinajstić information content (AvgIpc) is 2.71. The third-order valence-corrected chi connectivity index (χ3v) is 2.93. The number of nitrogens with one attached hydrogen (secondary N) is 1. The predicted molar refractivity (Wildman–Crippen MR) is 78.1 cm³/mol. The van der Waals surface area contributed by atoms with E-state index in [1.54, 1.807) is 0 Å². The molecule has 2 rings (SSSR count). The number of rotatable bonds is 7. The maximum absolute atomic E-state index is 5.43. The maximum atomic E-state index is 5.43. The number of hydrogen-bond donors (Lipinski definition) is 1. The van der Waals surface area contributed by atoms with Crippen molar-refractivity contribution in [3.63, 3.8) is 0 Å². The molecule has 4 nitrogen and oxygen atoms in total. The van der Waals surface area contributed by atoms with Crippen molar-refractivity contribution in [2.24, 2.45) is 7.05 Å². The van der Waals surface area contributed by atoms with Gasteiger partial charge in [-0.05, 0) is 19.1 Å². The molecule has 0 spiro atoms. The number of ether oxygens (including phenoxy) is 1. The van der Waals surface area contributed by atoms with E-state index in [1.807, 2.05) is 32.2 Å². The Morgan fingerprint density at radius 3 is 2.95 bits per heavy atom. The molecule has 0 aliphatic rings. The Kier molecular flexibility index (Phi) is 4.71. The summed E-state index contributed by atoms with van der Waals surface area (Å²) in [6, 6.07) is 8.17. The summed E-state index contributed by atoms with van der Waals surface area (Å²) in [6.45, 7) is 8.65. The van der Waals surface area contributed by atoms with Crippen LogP contribution in [0.15, 0.2) is 36.4 Å². The molecule has 0 saturated carbocycles. The zero-order valence-electron chi connectivity index (χ0n) is 11.6. The van der Waals surface area contributed by atoms with Crippen molar-refractivity contribution in [3.05, 3.63) is 42.2 Å². The van der Waals surface area contributed by atoms with Gasteiger partial charge in [0, 0.05) is 13.6 Å². The van der Waals surface area contributed by atoms with Gasteiger partial charge in [0.1, 0.15) is 5.82 Å². The molecule has 0 saturated heterocycles. The van der Waals surface area contributed by atoms with E-state index in [0.717, 1.165) is 35.5 Å². The van der Waals surface area contributed by atoms with Crippen LogP contribution < -0.4 is 5.32 Å². The second kappa shape index (κ2) is 6.50. The highest BCUT2D eigenvalue weighted by molar-refractivity contribution is 5.75. The van der Waals surface area contributed by atoms with Crippen molar-refractivity contribution in [1.29, 1.82) is 0 Å². The highest BCUT2D eigenvalue weighted by Crippen LogP contribution is 2.13. The molecule has 0 fully saturated rings. The molecule has 0 bridgehead atoms. The van der Waals surface area contributed by atoms with Crippen LogP contribution in [0.25, 0.3) is 11.0 Å². The Morgan fingerprint density at radius 1 is 1.42 bits per heavy atom. The first-order valence-electron chi connectivity index (χ1n) is 6.51. The molecule has 1 N–H and O–H groups in total. The smallest absolute Gasteiger partial charge is 0.123 e. The third-order valence-electron chi connectivity index (χ3n) is 2.93. The van der Waals surface area contributed by atoms with E-state index in [4.69, 9.17) is 4.74 Å². The number of benzene rings is 1. The summed E-state index contributed by atoms with van der Waals surface area (Å²) in [5.41, 5.74) is 3.26. The SMILES string of the molecule is C=C(C)COCCNCc1nc2ccccc2n1C. The maximum Gasteiger partial charge on any atom is 0.123 e. The normalized spacial score (nSPS) is 11.1. The van der Waals surface area contributed by atoms with Crippen molar-refractivity contribution < 1.29 is 4.74 Å². The minimum absolute atomic E-state index is 0.633. The molecule has 19 heavy (non-hydrogen) atoms. The molecule has 1 heterocycles. The van der Waals surface area contributed by atoms with Crippen molar-refractivity contribution in [2.75, 3.05) is 19.8 Å². The lowest BCUT2D eigenvalue weighted by Gasteiger charge is -2.06. The summed E-state index contributed by atoms with van der Waals surface area (Å²) in [4.78, 5) is 4.60. The van der Waals surface area contributed by atoms with Gasteiger partial charge in [0.2, 0.25) is 0 Å². The first-order valence-corrected chi connectivity index (χ1v) is 6.51. The fourth-order valence-corrected chi connectivity index (χ4v) is 1.94. The summed E-state index contributed by atoms with van der Waals surface area (Å²) >= 11 is 0. The van der Waals surface area contributed by atoms with Gasteiger partial charge in [-0.2, -0.15) is 0 Å². The lowest BCUT2D eigenvalue weighted by Crippen LogP contribution is -2.21. The van der Waals surface area contributed by atoms with E-state index in [9.17, 15) is 0 Å². The van der Waals surface area contributed by atoms with Crippen LogP contribution in [-0.4, -0.2) is 29.3 Å². The van der Waals surface area contributed by atoms with Crippen LogP contribution in [0.1, 0.15) is 12.7 Å². The van der Waals surface area contributed by atoms with Gasteiger partial charge in [-0.3, -0.25) is 0 Å².